The van der Waals surface area contributed by atoms with Gasteiger partial charge in [-0.1, -0.05) is 0 Å². The molecular formula is C11H20N2O3S. The molecular weight excluding hydrogens is 240 g/mol. The Bertz CT molecular complexity index is 395. The summed E-state index contributed by atoms with van der Waals surface area (Å²) in [5.41, 5.74) is 0. The first-order chi connectivity index (χ1) is 7.85. The van der Waals surface area contributed by atoms with E-state index < -0.39 is 9.84 Å². The van der Waals surface area contributed by atoms with Crippen molar-refractivity contribution >= 4 is 15.7 Å². The molecule has 6 heteroatoms. The topological polar surface area (TPSA) is 66.5 Å². The highest BCUT2D eigenvalue weighted by atomic mass is 32.2. The van der Waals surface area contributed by atoms with Gasteiger partial charge in [0, 0.05) is 31.4 Å². The minimum atomic E-state index is -3.23. The fourth-order valence-corrected chi connectivity index (χ4v) is 3.53. The van der Waals surface area contributed by atoms with Gasteiger partial charge in [0.2, 0.25) is 5.91 Å². The van der Waals surface area contributed by atoms with Crippen LogP contribution in [0.1, 0.15) is 25.7 Å². The van der Waals surface area contributed by atoms with E-state index in [9.17, 15) is 13.2 Å². The molecule has 0 radical (unpaired) electrons. The van der Waals surface area contributed by atoms with E-state index in [1.165, 1.54) is 12.8 Å². The molecule has 2 bridgehead atoms. The first-order valence-electron chi connectivity index (χ1n) is 6.04. The van der Waals surface area contributed by atoms with E-state index in [1.807, 2.05) is 0 Å². The molecule has 2 atom stereocenters. The number of sulfone groups is 1. The fraction of sp³-hybridized carbons (Fsp3) is 0.909. The van der Waals surface area contributed by atoms with Crippen LogP contribution >= 0.6 is 0 Å². The van der Waals surface area contributed by atoms with Crippen LogP contribution in [0.2, 0.25) is 0 Å². The van der Waals surface area contributed by atoms with Crippen molar-refractivity contribution in [2.24, 2.45) is 0 Å². The number of hydrogen-bond acceptors (Lipinski definition) is 4. The van der Waals surface area contributed by atoms with Gasteiger partial charge in [-0.05, 0) is 25.7 Å². The van der Waals surface area contributed by atoms with Crippen LogP contribution in [-0.4, -0.2) is 56.4 Å². The van der Waals surface area contributed by atoms with Crippen LogP contribution in [0, 0.1) is 0 Å². The molecule has 1 amide bonds. The first kappa shape index (κ1) is 12.8. The molecule has 2 rings (SSSR count). The number of carbonyl (C=O) groups excluding carboxylic acids is 1. The second-order valence-corrected chi connectivity index (χ2v) is 7.48. The number of rotatable bonds is 3. The Labute approximate surface area is 102 Å². The minimum absolute atomic E-state index is 0.197. The lowest BCUT2D eigenvalue weighted by Crippen LogP contribution is -2.49. The maximum absolute atomic E-state index is 11.8. The molecule has 2 fully saturated rings. The summed E-state index contributed by atoms with van der Waals surface area (Å²) in [5, 5.41) is 3.51. The average Bonchev–Trinajstić information content (AvgIpc) is 2.54. The van der Waals surface area contributed by atoms with Crippen LogP contribution in [-0.2, 0) is 14.6 Å². The van der Waals surface area contributed by atoms with Crippen molar-refractivity contribution in [1.29, 1.82) is 0 Å². The van der Waals surface area contributed by atoms with E-state index in [1.54, 1.807) is 11.9 Å². The summed E-state index contributed by atoms with van der Waals surface area (Å²) in [6.07, 6.45) is 5.35. The summed E-state index contributed by atoms with van der Waals surface area (Å²) < 4.78 is 22.2. The third-order valence-corrected chi connectivity index (χ3v) is 4.55. The van der Waals surface area contributed by atoms with E-state index in [-0.39, 0.29) is 17.7 Å². The Morgan fingerprint density at radius 2 is 1.82 bits per heavy atom. The van der Waals surface area contributed by atoms with Crippen molar-refractivity contribution in [3.8, 4) is 0 Å². The summed E-state index contributed by atoms with van der Waals surface area (Å²) in [6.45, 7) is 0. The Morgan fingerprint density at radius 3 is 2.29 bits per heavy atom. The quantitative estimate of drug-likeness (QED) is 0.761. The average molecular weight is 260 g/mol. The zero-order chi connectivity index (χ0) is 12.6. The number of fused-ring (bicyclic) bond motifs is 2. The van der Waals surface area contributed by atoms with Crippen molar-refractivity contribution < 1.29 is 13.2 Å². The van der Waals surface area contributed by atoms with Gasteiger partial charge in [-0.2, -0.15) is 0 Å². The van der Waals surface area contributed by atoms with Crippen LogP contribution in [0.5, 0.6) is 0 Å². The van der Waals surface area contributed by atoms with Crippen LogP contribution in [0.4, 0.5) is 0 Å². The number of carbonyl (C=O) groups is 1. The Morgan fingerprint density at radius 1 is 1.29 bits per heavy atom. The van der Waals surface area contributed by atoms with Crippen molar-refractivity contribution in [1.82, 2.24) is 10.2 Å². The molecule has 2 saturated heterocycles. The Kier molecular flexibility index (Phi) is 3.45. The molecule has 1 N–H and O–H groups in total. The number of hydrogen-bond donors (Lipinski definition) is 1. The predicted molar refractivity (Wildman–Crippen MR) is 65.4 cm³/mol. The van der Waals surface area contributed by atoms with Gasteiger partial charge in [0.05, 0.1) is 0 Å². The molecule has 0 aromatic rings. The molecule has 0 spiro atoms. The SMILES string of the molecule is CN(C(=O)CS(C)(=O)=O)C1CC2CCC(C1)N2. The van der Waals surface area contributed by atoms with Crippen LogP contribution in [0.3, 0.4) is 0 Å². The molecule has 0 aliphatic carbocycles. The third-order valence-electron chi connectivity index (χ3n) is 3.77. The van der Waals surface area contributed by atoms with Gasteiger partial charge in [0.15, 0.2) is 9.84 Å². The van der Waals surface area contributed by atoms with Gasteiger partial charge in [-0.25, -0.2) is 8.42 Å². The number of piperidine rings is 1. The number of nitrogens with one attached hydrogen (secondary N) is 1. The highest BCUT2D eigenvalue weighted by molar-refractivity contribution is 7.91. The van der Waals surface area contributed by atoms with Crippen LogP contribution in [0.25, 0.3) is 0 Å². The summed E-state index contributed by atoms with van der Waals surface area (Å²) in [5.74, 6) is -0.651. The standard InChI is InChI=1S/C11H20N2O3S/c1-13(11(14)7-17(2,15)16)10-5-8-3-4-9(6-10)12-8/h8-10,12H,3-7H2,1-2H3. The molecule has 0 aromatic heterocycles. The lowest BCUT2D eigenvalue weighted by atomic mass is 9.98. The number of amides is 1. The highest BCUT2D eigenvalue weighted by Crippen LogP contribution is 2.29. The molecule has 5 nitrogen and oxygen atoms in total. The Balaban J connectivity index is 1.96. The largest absolute Gasteiger partial charge is 0.342 e. The molecule has 17 heavy (non-hydrogen) atoms. The lowest BCUT2D eigenvalue weighted by Gasteiger charge is -2.35. The second kappa shape index (κ2) is 4.57. The smallest absolute Gasteiger partial charge is 0.237 e. The summed E-state index contributed by atoms with van der Waals surface area (Å²) >= 11 is 0. The van der Waals surface area contributed by atoms with Crippen LogP contribution < -0.4 is 5.32 Å². The molecule has 2 unspecified atom stereocenters. The lowest BCUT2D eigenvalue weighted by molar-refractivity contribution is -0.129. The van der Waals surface area contributed by atoms with Gasteiger partial charge >= 0.3 is 0 Å². The van der Waals surface area contributed by atoms with Crippen molar-refractivity contribution in [3.05, 3.63) is 0 Å². The molecule has 2 aliphatic heterocycles. The zero-order valence-electron chi connectivity index (χ0n) is 10.3. The second-order valence-electron chi connectivity index (χ2n) is 5.34. The molecule has 2 aliphatic rings. The van der Waals surface area contributed by atoms with E-state index in [2.05, 4.69) is 5.32 Å². The Hall–Kier alpha value is -0.620. The minimum Gasteiger partial charge on any atom is -0.342 e. The third kappa shape index (κ3) is 3.19. The van der Waals surface area contributed by atoms with E-state index >= 15 is 0 Å². The van der Waals surface area contributed by atoms with Crippen molar-refractivity contribution in [2.45, 2.75) is 43.8 Å². The first-order valence-corrected chi connectivity index (χ1v) is 8.10. The van der Waals surface area contributed by atoms with Crippen molar-refractivity contribution in [3.63, 3.8) is 0 Å². The molecule has 0 saturated carbocycles. The van der Waals surface area contributed by atoms with Crippen molar-refractivity contribution in [2.75, 3.05) is 19.1 Å². The fourth-order valence-electron chi connectivity index (χ4n) is 2.87. The normalized spacial score (nSPS) is 32.5. The monoisotopic (exact) mass is 260 g/mol. The van der Waals surface area contributed by atoms with Gasteiger partial charge < -0.3 is 10.2 Å². The number of nitrogens with zero attached hydrogens (tertiary/aromatic N) is 1. The summed E-state index contributed by atoms with van der Waals surface area (Å²) in [7, 11) is -1.50. The van der Waals surface area contributed by atoms with E-state index in [0.717, 1.165) is 19.1 Å². The summed E-state index contributed by atoms with van der Waals surface area (Å²) in [4.78, 5) is 13.5. The summed E-state index contributed by atoms with van der Waals surface area (Å²) in [6, 6.07) is 1.21. The van der Waals surface area contributed by atoms with Gasteiger partial charge in [0.1, 0.15) is 5.75 Å². The van der Waals surface area contributed by atoms with E-state index in [4.69, 9.17) is 0 Å². The highest BCUT2D eigenvalue weighted by Gasteiger charge is 2.36. The maximum atomic E-state index is 11.8. The molecule has 98 valence electrons. The van der Waals surface area contributed by atoms with E-state index in [0.29, 0.717) is 12.1 Å². The zero-order valence-corrected chi connectivity index (χ0v) is 11.2. The van der Waals surface area contributed by atoms with Crippen LogP contribution in [0.15, 0.2) is 0 Å². The van der Waals surface area contributed by atoms with Gasteiger partial charge in [-0.15, -0.1) is 0 Å². The molecule has 2 heterocycles. The molecule has 0 aromatic carbocycles. The van der Waals surface area contributed by atoms with Gasteiger partial charge in [0.25, 0.3) is 0 Å². The van der Waals surface area contributed by atoms with Gasteiger partial charge in [-0.3, -0.25) is 4.79 Å². The maximum Gasteiger partial charge on any atom is 0.237 e. The predicted octanol–water partition coefficient (Wildman–Crippen LogP) is -0.228.